The Morgan fingerprint density at radius 3 is 1.65 bits per heavy atom. The smallest absolute Gasteiger partial charge is 0.267 e. The van der Waals surface area contributed by atoms with Crippen LogP contribution in [0.2, 0.25) is 0 Å². The summed E-state index contributed by atoms with van der Waals surface area (Å²) in [6.07, 6.45) is 13.2. The van der Waals surface area contributed by atoms with Crippen molar-refractivity contribution in [1.29, 1.82) is 0 Å². The van der Waals surface area contributed by atoms with Crippen molar-refractivity contribution in [2.75, 3.05) is 0 Å². The summed E-state index contributed by atoms with van der Waals surface area (Å²) in [6.45, 7) is 4.18. The second-order valence-corrected chi connectivity index (χ2v) is 8.47. The van der Waals surface area contributed by atoms with Crippen LogP contribution >= 0.6 is 0 Å². The maximum atomic E-state index is 11.4. The Hall–Kier alpha value is -0.130. The summed E-state index contributed by atoms with van der Waals surface area (Å²) >= 11 is 0. The molecule has 2 unspecified atom stereocenters. The highest BCUT2D eigenvalue weighted by molar-refractivity contribution is 7.86. The Morgan fingerprint density at radius 2 is 1.17 bits per heavy atom. The van der Waals surface area contributed by atoms with Gasteiger partial charge in [0.25, 0.3) is 10.1 Å². The molecule has 0 heterocycles. The lowest BCUT2D eigenvalue weighted by atomic mass is 10.0. The molecule has 2 N–H and O–H groups in total. The summed E-state index contributed by atoms with van der Waals surface area (Å²) in [5.41, 5.74) is 0. The van der Waals surface area contributed by atoms with E-state index in [4.69, 9.17) is 0 Å². The first-order valence-corrected chi connectivity index (χ1v) is 11.1. The molecule has 5 heteroatoms. The van der Waals surface area contributed by atoms with Gasteiger partial charge in [0.15, 0.2) is 0 Å². The third-order valence-corrected chi connectivity index (χ3v) is 5.80. The molecule has 0 amide bonds. The average molecular weight is 351 g/mol. The highest BCUT2D eigenvalue weighted by Crippen LogP contribution is 2.18. The minimum absolute atomic E-state index is 0.140. The summed E-state index contributed by atoms with van der Waals surface area (Å²) in [5.74, 6) is 0. The minimum atomic E-state index is -3.89. The molecule has 23 heavy (non-hydrogen) atoms. The lowest BCUT2D eigenvalue weighted by Gasteiger charge is -2.13. The highest BCUT2D eigenvalue weighted by atomic mass is 32.2. The number of unbranched alkanes of at least 4 members (excludes halogenated alkanes) is 7. The molecule has 0 saturated carbocycles. The molecule has 0 saturated heterocycles. The first-order chi connectivity index (χ1) is 10.9. The summed E-state index contributed by atoms with van der Waals surface area (Å²) in [6, 6.07) is 0. The van der Waals surface area contributed by atoms with Crippen LogP contribution in [-0.2, 0) is 10.1 Å². The summed E-state index contributed by atoms with van der Waals surface area (Å²) in [4.78, 5) is 0. The van der Waals surface area contributed by atoms with Gasteiger partial charge >= 0.3 is 0 Å². The molecule has 0 rings (SSSR count). The van der Waals surface area contributed by atoms with Crippen LogP contribution in [0.4, 0.5) is 0 Å². The van der Waals surface area contributed by atoms with E-state index >= 15 is 0 Å². The first kappa shape index (κ1) is 22.9. The third-order valence-electron chi connectivity index (χ3n) is 4.49. The van der Waals surface area contributed by atoms with Gasteiger partial charge in [0.2, 0.25) is 0 Å². The Kier molecular flexibility index (Phi) is 14.2. The Balaban J connectivity index is 3.66. The lowest BCUT2D eigenvalue weighted by Crippen LogP contribution is -2.20. The molecule has 0 aromatic heterocycles. The maximum absolute atomic E-state index is 11.4. The number of aliphatic hydroxyl groups is 1. The molecule has 4 nitrogen and oxygen atoms in total. The van der Waals surface area contributed by atoms with Crippen molar-refractivity contribution in [2.45, 2.75) is 115 Å². The van der Waals surface area contributed by atoms with Gasteiger partial charge < -0.3 is 5.11 Å². The van der Waals surface area contributed by atoms with E-state index in [-0.39, 0.29) is 6.10 Å². The zero-order valence-electron chi connectivity index (χ0n) is 15.2. The van der Waals surface area contributed by atoms with Crippen LogP contribution in [0.5, 0.6) is 0 Å². The topological polar surface area (TPSA) is 74.6 Å². The zero-order chi connectivity index (χ0) is 17.6. The molecule has 0 aromatic carbocycles. The molecule has 0 aromatic rings. The van der Waals surface area contributed by atoms with Crippen molar-refractivity contribution >= 4 is 10.1 Å². The van der Waals surface area contributed by atoms with Crippen LogP contribution in [0.25, 0.3) is 0 Å². The molecule has 0 aliphatic rings. The molecule has 0 aliphatic heterocycles. The highest BCUT2D eigenvalue weighted by Gasteiger charge is 2.21. The first-order valence-electron chi connectivity index (χ1n) is 9.56. The predicted octanol–water partition coefficient (Wildman–Crippen LogP) is 5.10. The fraction of sp³-hybridized carbons (Fsp3) is 1.00. The molecule has 0 bridgehead atoms. The van der Waals surface area contributed by atoms with Crippen LogP contribution in [-0.4, -0.2) is 29.4 Å². The fourth-order valence-electron chi connectivity index (χ4n) is 3.00. The summed E-state index contributed by atoms with van der Waals surface area (Å²) in [7, 11) is -3.89. The van der Waals surface area contributed by atoms with Gasteiger partial charge in [-0.15, -0.1) is 0 Å². The van der Waals surface area contributed by atoms with Gasteiger partial charge in [-0.3, -0.25) is 4.55 Å². The van der Waals surface area contributed by atoms with Gasteiger partial charge in [-0.25, -0.2) is 0 Å². The van der Waals surface area contributed by atoms with E-state index in [0.29, 0.717) is 12.8 Å². The van der Waals surface area contributed by atoms with Gasteiger partial charge in [0.05, 0.1) is 11.4 Å². The molecular weight excluding hydrogens is 312 g/mol. The fourth-order valence-corrected chi connectivity index (χ4v) is 3.93. The largest absolute Gasteiger partial charge is 0.393 e. The summed E-state index contributed by atoms with van der Waals surface area (Å²) < 4.78 is 32.1. The number of hydrogen-bond donors (Lipinski definition) is 2. The van der Waals surface area contributed by atoms with Crippen molar-refractivity contribution in [3.05, 3.63) is 0 Å². The quantitative estimate of drug-likeness (QED) is 0.300. The van der Waals surface area contributed by atoms with E-state index in [2.05, 4.69) is 13.8 Å². The summed E-state index contributed by atoms with van der Waals surface area (Å²) in [5, 5.41) is 9.06. The lowest BCUT2D eigenvalue weighted by molar-refractivity contribution is 0.150. The zero-order valence-corrected chi connectivity index (χ0v) is 16.0. The molecule has 140 valence electrons. The van der Waals surface area contributed by atoms with E-state index in [0.717, 1.165) is 77.0 Å². The normalized spacial score (nSPS) is 14.8. The SMILES string of the molecule is CCCCCC(CCCCCCCCC(O)CCC)S(=O)(=O)O. The van der Waals surface area contributed by atoms with Crippen LogP contribution in [0.15, 0.2) is 0 Å². The average Bonchev–Trinajstić information content (AvgIpc) is 2.47. The van der Waals surface area contributed by atoms with Crippen LogP contribution < -0.4 is 0 Å². The van der Waals surface area contributed by atoms with Crippen LogP contribution in [0.1, 0.15) is 104 Å². The van der Waals surface area contributed by atoms with Crippen molar-refractivity contribution in [3.8, 4) is 0 Å². The standard InChI is InChI=1S/C18H38O4S/c1-3-5-10-15-18(23(20,21)22)16-12-9-7-6-8-11-14-17(19)13-4-2/h17-19H,3-16H2,1-2H3,(H,20,21,22). The van der Waals surface area contributed by atoms with E-state index in [9.17, 15) is 18.1 Å². The third kappa shape index (κ3) is 14.0. The maximum Gasteiger partial charge on any atom is 0.267 e. The van der Waals surface area contributed by atoms with Gasteiger partial charge in [-0.05, 0) is 25.7 Å². The Labute approximate surface area is 143 Å². The molecular formula is C18H38O4S. The van der Waals surface area contributed by atoms with Crippen molar-refractivity contribution < 1.29 is 18.1 Å². The van der Waals surface area contributed by atoms with E-state index in [1.165, 1.54) is 0 Å². The molecule has 2 atom stereocenters. The number of hydrogen-bond acceptors (Lipinski definition) is 3. The van der Waals surface area contributed by atoms with Gasteiger partial charge in [-0.2, -0.15) is 8.42 Å². The van der Waals surface area contributed by atoms with Crippen molar-refractivity contribution in [2.24, 2.45) is 0 Å². The van der Waals surface area contributed by atoms with Gasteiger partial charge in [-0.1, -0.05) is 78.1 Å². The second kappa shape index (κ2) is 14.2. The molecule has 0 radical (unpaired) electrons. The van der Waals surface area contributed by atoms with Crippen molar-refractivity contribution in [3.63, 3.8) is 0 Å². The minimum Gasteiger partial charge on any atom is -0.393 e. The Morgan fingerprint density at radius 1 is 0.696 bits per heavy atom. The van der Waals surface area contributed by atoms with Crippen LogP contribution in [0, 0.1) is 0 Å². The monoisotopic (exact) mass is 350 g/mol. The Bertz CT molecular complexity index is 354. The van der Waals surface area contributed by atoms with Gasteiger partial charge in [0, 0.05) is 0 Å². The van der Waals surface area contributed by atoms with E-state index < -0.39 is 15.4 Å². The number of rotatable bonds is 16. The van der Waals surface area contributed by atoms with E-state index in [1.807, 2.05) is 0 Å². The molecule has 0 spiro atoms. The van der Waals surface area contributed by atoms with Gasteiger partial charge in [0.1, 0.15) is 0 Å². The number of aliphatic hydroxyl groups excluding tert-OH is 1. The van der Waals surface area contributed by atoms with Crippen molar-refractivity contribution in [1.82, 2.24) is 0 Å². The van der Waals surface area contributed by atoms with Crippen LogP contribution in [0.3, 0.4) is 0 Å². The van der Waals surface area contributed by atoms with E-state index in [1.54, 1.807) is 0 Å². The second-order valence-electron chi connectivity index (χ2n) is 6.77. The molecule has 0 aliphatic carbocycles. The predicted molar refractivity (Wildman–Crippen MR) is 97.3 cm³/mol. The molecule has 0 fully saturated rings.